The lowest BCUT2D eigenvalue weighted by atomic mass is 9.94. The molecule has 4 N–H and O–H groups in total. The molecule has 1 amide bonds. The maximum Gasteiger partial charge on any atom is 0.255 e. The Hall–Kier alpha value is -2.86. The van der Waals surface area contributed by atoms with Crippen LogP contribution in [0.5, 0.6) is 5.75 Å². The van der Waals surface area contributed by atoms with Crippen molar-refractivity contribution in [2.45, 2.75) is 19.9 Å². The highest BCUT2D eigenvalue weighted by atomic mass is 32.1. The third-order valence-corrected chi connectivity index (χ3v) is 4.35. The zero-order valence-electron chi connectivity index (χ0n) is 14.0. The Kier molecular flexibility index (Phi) is 4.72. The molecule has 1 aliphatic rings. The van der Waals surface area contributed by atoms with Gasteiger partial charge < -0.3 is 21.1 Å². The lowest BCUT2D eigenvalue weighted by Gasteiger charge is -2.30. The van der Waals surface area contributed by atoms with Gasteiger partial charge in [-0.2, -0.15) is 0 Å². The average Bonchev–Trinajstić information content (AvgIpc) is 2.57. The van der Waals surface area contributed by atoms with E-state index < -0.39 is 6.04 Å². The summed E-state index contributed by atoms with van der Waals surface area (Å²) in [5, 5.41) is 19.1. The number of aryl methyl sites for hydroxylation is 1. The molecule has 0 radical (unpaired) electrons. The third-order valence-electron chi connectivity index (χ3n) is 4.13. The van der Waals surface area contributed by atoms with Crippen LogP contribution in [0.1, 0.15) is 24.1 Å². The minimum Gasteiger partial charge on any atom is -0.508 e. The molecule has 1 unspecified atom stereocenters. The summed E-state index contributed by atoms with van der Waals surface area (Å²) in [4.78, 5) is 12.9. The van der Waals surface area contributed by atoms with E-state index in [1.165, 1.54) is 0 Å². The molecule has 5 nitrogen and oxygen atoms in total. The van der Waals surface area contributed by atoms with Gasteiger partial charge in [0.05, 0.1) is 11.6 Å². The maximum atomic E-state index is 12.9. The second-order valence-electron chi connectivity index (χ2n) is 5.93. The van der Waals surface area contributed by atoms with Gasteiger partial charge in [0.15, 0.2) is 5.11 Å². The van der Waals surface area contributed by atoms with Crippen LogP contribution in [0.3, 0.4) is 0 Å². The zero-order valence-corrected chi connectivity index (χ0v) is 14.8. The van der Waals surface area contributed by atoms with E-state index in [-0.39, 0.29) is 11.7 Å². The number of rotatable bonds is 3. The molecule has 0 bridgehead atoms. The second-order valence-corrected chi connectivity index (χ2v) is 6.34. The first-order valence-electron chi connectivity index (χ1n) is 7.90. The Bertz CT molecular complexity index is 859. The van der Waals surface area contributed by atoms with Crippen molar-refractivity contribution in [3.05, 3.63) is 70.9 Å². The van der Waals surface area contributed by atoms with Crippen molar-refractivity contribution in [2.75, 3.05) is 5.32 Å². The largest absolute Gasteiger partial charge is 0.508 e. The van der Waals surface area contributed by atoms with E-state index >= 15 is 0 Å². The highest BCUT2D eigenvalue weighted by Gasteiger charge is 2.30. The lowest BCUT2D eigenvalue weighted by Crippen LogP contribution is -2.45. The minimum atomic E-state index is -0.390. The molecule has 0 aliphatic carbocycles. The maximum absolute atomic E-state index is 12.9. The Labute approximate surface area is 151 Å². The van der Waals surface area contributed by atoms with Gasteiger partial charge in [-0.1, -0.05) is 30.3 Å². The molecule has 1 heterocycles. The van der Waals surface area contributed by atoms with E-state index in [9.17, 15) is 9.90 Å². The van der Waals surface area contributed by atoms with Crippen LogP contribution >= 0.6 is 12.2 Å². The summed E-state index contributed by atoms with van der Waals surface area (Å²) in [7, 11) is 0. The molecule has 1 atom stereocenters. The van der Waals surface area contributed by atoms with E-state index in [1.807, 2.05) is 38.1 Å². The molecule has 0 fully saturated rings. The van der Waals surface area contributed by atoms with Gasteiger partial charge >= 0.3 is 0 Å². The first-order chi connectivity index (χ1) is 12.0. The number of thiocarbonyl (C=S) groups is 1. The van der Waals surface area contributed by atoms with Crippen molar-refractivity contribution >= 4 is 28.9 Å². The van der Waals surface area contributed by atoms with Gasteiger partial charge in [0.25, 0.3) is 5.91 Å². The van der Waals surface area contributed by atoms with Gasteiger partial charge in [-0.05, 0) is 55.4 Å². The number of phenolic OH excluding ortho intramolecular Hbond substituents is 1. The van der Waals surface area contributed by atoms with Crippen LogP contribution in [0, 0.1) is 6.92 Å². The quantitative estimate of drug-likeness (QED) is 0.638. The molecule has 128 valence electrons. The van der Waals surface area contributed by atoms with Crippen molar-refractivity contribution in [1.29, 1.82) is 0 Å². The van der Waals surface area contributed by atoms with Gasteiger partial charge in [0.2, 0.25) is 0 Å². The fraction of sp³-hybridized carbons (Fsp3) is 0.158. The standard InChI is InChI=1S/C19H19N3O2S/c1-11-5-3-4-6-15(11)21-18(24)16-12(2)20-19(25)22-17(16)13-7-9-14(23)10-8-13/h3-10,17,23H,1-2H3,(H,21,24)(H2,20,22,25). The molecule has 0 spiro atoms. The summed E-state index contributed by atoms with van der Waals surface area (Å²) in [5.74, 6) is -0.0285. The summed E-state index contributed by atoms with van der Waals surface area (Å²) >= 11 is 5.24. The normalized spacial score (nSPS) is 16.9. The molecule has 6 heteroatoms. The fourth-order valence-corrected chi connectivity index (χ4v) is 3.09. The zero-order chi connectivity index (χ0) is 18.0. The summed E-state index contributed by atoms with van der Waals surface area (Å²) in [5.41, 5.74) is 3.86. The van der Waals surface area contributed by atoms with Crippen molar-refractivity contribution < 1.29 is 9.90 Å². The topological polar surface area (TPSA) is 73.4 Å². The number of amides is 1. The molecule has 0 saturated heterocycles. The van der Waals surface area contributed by atoms with Crippen molar-refractivity contribution in [1.82, 2.24) is 10.6 Å². The SMILES string of the molecule is CC1=C(C(=O)Nc2ccccc2C)C(c2ccc(O)cc2)NC(=S)N1. The summed E-state index contributed by atoms with van der Waals surface area (Å²) in [6.07, 6.45) is 0. The molecule has 0 saturated carbocycles. The number of aromatic hydroxyl groups is 1. The molecule has 25 heavy (non-hydrogen) atoms. The number of hydrogen-bond donors (Lipinski definition) is 4. The van der Waals surface area contributed by atoms with Gasteiger partial charge in [-0.25, -0.2) is 0 Å². The number of hydrogen-bond acceptors (Lipinski definition) is 3. The fourth-order valence-electron chi connectivity index (χ4n) is 2.81. The van der Waals surface area contributed by atoms with Gasteiger partial charge in [0.1, 0.15) is 5.75 Å². The Morgan fingerprint density at radius 3 is 2.48 bits per heavy atom. The van der Waals surface area contributed by atoms with Crippen LogP contribution in [-0.4, -0.2) is 16.1 Å². The van der Waals surface area contributed by atoms with Gasteiger partial charge in [0, 0.05) is 11.4 Å². The molecule has 3 rings (SSSR count). The third kappa shape index (κ3) is 3.64. The van der Waals surface area contributed by atoms with Crippen LogP contribution in [0.2, 0.25) is 0 Å². The summed E-state index contributed by atoms with van der Waals surface area (Å²) in [6, 6.07) is 14.0. The average molecular weight is 353 g/mol. The Morgan fingerprint density at radius 1 is 1.12 bits per heavy atom. The predicted octanol–water partition coefficient (Wildman–Crippen LogP) is 3.13. The number of carbonyl (C=O) groups excluding carboxylic acids is 1. The van der Waals surface area contributed by atoms with E-state index in [1.54, 1.807) is 24.3 Å². The predicted molar refractivity (Wildman–Crippen MR) is 102 cm³/mol. The first kappa shape index (κ1) is 17.0. The van der Waals surface area contributed by atoms with Crippen LogP contribution < -0.4 is 16.0 Å². The minimum absolute atomic E-state index is 0.173. The molecule has 0 aromatic heterocycles. The summed E-state index contributed by atoms with van der Waals surface area (Å²) < 4.78 is 0. The van der Waals surface area contributed by atoms with E-state index in [2.05, 4.69) is 16.0 Å². The molecule has 2 aromatic carbocycles. The number of allylic oxidation sites excluding steroid dienone is 1. The van der Waals surface area contributed by atoms with Crippen molar-refractivity contribution in [3.63, 3.8) is 0 Å². The summed E-state index contributed by atoms with van der Waals surface area (Å²) in [6.45, 7) is 3.77. The second kappa shape index (κ2) is 6.94. The van der Waals surface area contributed by atoms with E-state index in [0.29, 0.717) is 16.4 Å². The number of carbonyl (C=O) groups is 1. The van der Waals surface area contributed by atoms with Crippen LogP contribution in [0.25, 0.3) is 0 Å². The van der Waals surface area contributed by atoms with E-state index in [0.717, 1.165) is 16.8 Å². The van der Waals surface area contributed by atoms with E-state index in [4.69, 9.17) is 12.2 Å². The molecular weight excluding hydrogens is 334 g/mol. The number of phenols is 1. The highest BCUT2D eigenvalue weighted by Crippen LogP contribution is 2.29. The highest BCUT2D eigenvalue weighted by molar-refractivity contribution is 7.80. The van der Waals surface area contributed by atoms with Crippen LogP contribution in [-0.2, 0) is 4.79 Å². The van der Waals surface area contributed by atoms with Gasteiger partial charge in [-0.3, -0.25) is 4.79 Å². The number of para-hydroxylation sites is 1. The number of anilines is 1. The number of nitrogens with one attached hydrogen (secondary N) is 3. The molecule has 1 aliphatic heterocycles. The van der Waals surface area contributed by atoms with Crippen molar-refractivity contribution in [3.8, 4) is 5.75 Å². The first-order valence-corrected chi connectivity index (χ1v) is 8.30. The Morgan fingerprint density at radius 2 is 1.80 bits per heavy atom. The Balaban J connectivity index is 1.96. The smallest absolute Gasteiger partial charge is 0.255 e. The van der Waals surface area contributed by atoms with Crippen LogP contribution in [0.15, 0.2) is 59.8 Å². The molecule has 2 aromatic rings. The monoisotopic (exact) mass is 353 g/mol. The molecular formula is C19H19N3O2S. The number of benzene rings is 2. The van der Waals surface area contributed by atoms with Crippen molar-refractivity contribution in [2.24, 2.45) is 0 Å². The van der Waals surface area contributed by atoms with Crippen LogP contribution in [0.4, 0.5) is 5.69 Å². The van der Waals surface area contributed by atoms with Gasteiger partial charge in [-0.15, -0.1) is 0 Å². The lowest BCUT2D eigenvalue weighted by molar-refractivity contribution is -0.113.